The lowest BCUT2D eigenvalue weighted by Crippen LogP contribution is -2.27. The van der Waals surface area contributed by atoms with E-state index in [-0.39, 0.29) is 28.9 Å². The minimum atomic E-state index is -3.04. The number of anilines is 1. The molecule has 7 nitrogen and oxygen atoms in total. The fraction of sp³-hybridized carbons (Fsp3) is 0.455. The Kier molecular flexibility index (Phi) is 2.46. The van der Waals surface area contributed by atoms with Crippen LogP contribution in [0.3, 0.4) is 0 Å². The van der Waals surface area contributed by atoms with Gasteiger partial charge in [-0.05, 0) is 19.4 Å². The van der Waals surface area contributed by atoms with Gasteiger partial charge in [-0.15, -0.1) is 0 Å². The maximum Gasteiger partial charge on any atom is 0.264 e. The number of hydrogen-bond acceptors (Lipinski definition) is 5. The Labute approximate surface area is 109 Å². The van der Waals surface area contributed by atoms with Crippen LogP contribution in [-0.4, -0.2) is 34.7 Å². The van der Waals surface area contributed by atoms with E-state index < -0.39 is 9.84 Å². The van der Waals surface area contributed by atoms with Crippen LogP contribution >= 0.6 is 0 Å². The average Bonchev–Trinajstić information content (AvgIpc) is 2.83. The van der Waals surface area contributed by atoms with Gasteiger partial charge in [0.15, 0.2) is 15.7 Å². The molecule has 1 fully saturated rings. The minimum Gasteiger partial charge on any atom is -0.382 e. The number of sulfone groups is 1. The number of rotatable bonds is 1. The summed E-state index contributed by atoms with van der Waals surface area (Å²) >= 11 is 0. The third-order valence-corrected chi connectivity index (χ3v) is 5.31. The lowest BCUT2D eigenvalue weighted by atomic mass is 10.2. The first-order valence-corrected chi connectivity index (χ1v) is 7.77. The predicted molar refractivity (Wildman–Crippen MR) is 71.8 cm³/mol. The Morgan fingerprint density at radius 2 is 2.26 bits per heavy atom. The quantitative estimate of drug-likeness (QED) is 0.763. The summed E-state index contributed by atoms with van der Waals surface area (Å²) in [4.78, 5) is 12.5. The van der Waals surface area contributed by atoms with E-state index in [0.717, 1.165) is 0 Å². The number of nitrogens with zero attached hydrogens (tertiary/aromatic N) is 2. The van der Waals surface area contributed by atoms with Gasteiger partial charge in [0.2, 0.25) is 0 Å². The van der Waals surface area contributed by atoms with E-state index in [4.69, 9.17) is 5.73 Å². The predicted octanol–water partition coefficient (Wildman–Crippen LogP) is -0.0252. The molecule has 102 valence electrons. The molecule has 1 unspecified atom stereocenters. The molecule has 2 aromatic heterocycles. The van der Waals surface area contributed by atoms with Gasteiger partial charge >= 0.3 is 0 Å². The molecule has 3 N–H and O–H groups in total. The largest absolute Gasteiger partial charge is 0.382 e. The van der Waals surface area contributed by atoms with Crippen molar-refractivity contribution < 1.29 is 8.42 Å². The summed E-state index contributed by atoms with van der Waals surface area (Å²) in [5.41, 5.74) is 6.69. The van der Waals surface area contributed by atoms with Crippen LogP contribution in [0.1, 0.15) is 18.2 Å². The van der Waals surface area contributed by atoms with Gasteiger partial charge in [0.25, 0.3) is 5.56 Å². The molecule has 1 aliphatic heterocycles. The normalized spacial score (nSPS) is 22.1. The van der Waals surface area contributed by atoms with E-state index in [0.29, 0.717) is 23.0 Å². The second kappa shape index (κ2) is 3.83. The van der Waals surface area contributed by atoms with Crippen molar-refractivity contribution >= 4 is 26.6 Å². The molecule has 0 bridgehead atoms. The number of nitrogens with two attached hydrogens (primary N) is 1. The van der Waals surface area contributed by atoms with E-state index in [2.05, 4.69) is 10.2 Å². The highest BCUT2D eigenvalue weighted by molar-refractivity contribution is 7.91. The number of nitrogens with one attached hydrogen (secondary N) is 1. The first-order chi connectivity index (χ1) is 8.89. The molecule has 3 heterocycles. The zero-order chi connectivity index (χ0) is 13.8. The molecule has 3 rings (SSSR count). The fourth-order valence-electron chi connectivity index (χ4n) is 2.69. The van der Waals surface area contributed by atoms with E-state index in [1.165, 1.54) is 4.57 Å². The van der Waals surface area contributed by atoms with Gasteiger partial charge in [0.1, 0.15) is 5.39 Å². The fourth-order valence-corrected chi connectivity index (χ4v) is 4.39. The van der Waals surface area contributed by atoms with Gasteiger partial charge < -0.3 is 10.3 Å². The number of aromatic nitrogens is 3. The standard InChI is InChI=1S/C11H14N4O3S/c1-6-4-8-9(10(12)14-13-8)11(16)15(6)7-2-3-19(17,18)5-7/h4,7H,2-3,5H2,1H3,(H3,12,13,14). The lowest BCUT2D eigenvalue weighted by Gasteiger charge is -2.15. The van der Waals surface area contributed by atoms with Crippen molar-refractivity contribution in [3.8, 4) is 0 Å². The summed E-state index contributed by atoms with van der Waals surface area (Å²) in [6, 6.07) is 1.46. The second-order valence-electron chi connectivity index (χ2n) is 4.92. The van der Waals surface area contributed by atoms with Crippen molar-refractivity contribution in [1.82, 2.24) is 14.8 Å². The van der Waals surface area contributed by atoms with Crippen molar-refractivity contribution in [1.29, 1.82) is 0 Å². The minimum absolute atomic E-state index is 0.0109. The zero-order valence-corrected chi connectivity index (χ0v) is 11.2. The Morgan fingerprint density at radius 1 is 1.53 bits per heavy atom. The molecule has 1 atom stereocenters. The molecule has 1 saturated heterocycles. The first-order valence-electron chi connectivity index (χ1n) is 5.95. The van der Waals surface area contributed by atoms with Crippen LogP contribution in [0.2, 0.25) is 0 Å². The smallest absolute Gasteiger partial charge is 0.264 e. The van der Waals surface area contributed by atoms with Crippen LogP contribution < -0.4 is 11.3 Å². The van der Waals surface area contributed by atoms with Crippen LogP contribution in [0.15, 0.2) is 10.9 Å². The molecule has 0 aliphatic carbocycles. The number of nitrogen functional groups attached to an aromatic ring is 1. The molecule has 0 aromatic carbocycles. The summed E-state index contributed by atoms with van der Waals surface area (Å²) in [6.45, 7) is 1.78. The summed E-state index contributed by atoms with van der Waals surface area (Å²) in [5.74, 6) is 0.286. The Hall–Kier alpha value is -1.83. The monoisotopic (exact) mass is 282 g/mol. The van der Waals surface area contributed by atoms with Crippen molar-refractivity contribution in [3.05, 3.63) is 22.1 Å². The van der Waals surface area contributed by atoms with Crippen molar-refractivity contribution in [3.63, 3.8) is 0 Å². The third kappa shape index (κ3) is 1.83. The molecule has 1 aliphatic rings. The molecule has 0 saturated carbocycles. The molecule has 0 amide bonds. The summed E-state index contributed by atoms with van der Waals surface area (Å²) in [7, 11) is -3.04. The Bertz CT molecular complexity index is 818. The SMILES string of the molecule is Cc1cc2[nH]nc(N)c2c(=O)n1C1CCS(=O)(=O)C1. The zero-order valence-electron chi connectivity index (χ0n) is 10.4. The van der Waals surface area contributed by atoms with Gasteiger partial charge in [0, 0.05) is 5.69 Å². The van der Waals surface area contributed by atoms with E-state index in [1.807, 2.05) is 0 Å². The number of pyridine rings is 1. The number of aromatic amines is 1. The van der Waals surface area contributed by atoms with Gasteiger partial charge in [-0.2, -0.15) is 5.10 Å². The van der Waals surface area contributed by atoms with Gasteiger partial charge in [-0.25, -0.2) is 8.42 Å². The summed E-state index contributed by atoms with van der Waals surface area (Å²) in [6.07, 6.45) is 0.465. The number of fused-ring (bicyclic) bond motifs is 1. The first kappa shape index (κ1) is 12.2. The lowest BCUT2D eigenvalue weighted by molar-refractivity contribution is 0.529. The number of H-pyrrole nitrogens is 1. The second-order valence-corrected chi connectivity index (χ2v) is 7.14. The topological polar surface area (TPSA) is 111 Å². The average molecular weight is 282 g/mol. The molecule has 0 spiro atoms. The van der Waals surface area contributed by atoms with Crippen LogP contribution in [0.4, 0.5) is 5.82 Å². The molecule has 19 heavy (non-hydrogen) atoms. The summed E-state index contributed by atoms with van der Waals surface area (Å²) in [5, 5.41) is 6.84. The van der Waals surface area contributed by atoms with Crippen molar-refractivity contribution in [2.45, 2.75) is 19.4 Å². The molecule has 0 radical (unpaired) electrons. The van der Waals surface area contributed by atoms with Gasteiger partial charge in [0.05, 0.1) is 23.1 Å². The highest BCUT2D eigenvalue weighted by atomic mass is 32.2. The van der Waals surface area contributed by atoms with Crippen LogP contribution in [0.5, 0.6) is 0 Å². The molecular formula is C11H14N4O3S. The molecule has 8 heteroatoms. The van der Waals surface area contributed by atoms with Crippen LogP contribution in [-0.2, 0) is 9.84 Å². The molecular weight excluding hydrogens is 268 g/mol. The van der Waals surface area contributed by atoms with Crippen molar-refractivity contribution in [2.75, 3.05) is 17.2 Å². The Morgan fingerprint density at radius 3 is 2.89 bits per heavy atom. The summed E-state index contributed by atoms with van der Waals surface area (Å²) < 4.78 is 24.6. The van der Waals surface area contributed by atoms with Gasteiger partial charge in [-0.1, -0.05) is 0 Å². The third-order valence-electron chi connectivity index (χ3n) is 3.56. The van der Waals surface area contributed by atoms with Gasteiger partial charge in [-0.3, -0.25) is 9.89 Å². The van der Waals surface area contributed by atoms with Crippen LogP contribution in [0, 0.1) is 6.92 Å². The highest BCUT2D eigenvalue weighted by Gasteiger charge is 2.31. The highest BCUT2D eigenvalue weighted by Crippen LogP contribution is 2.25. The maximum atomic E-state index is 12.5. The molecule has 2 aromatic rings. The van der Waals surface area contributed by atoms with E-state index in [1.54, 1.807) is 13.0 Å². The number of hydrogen-bond donors (Lipinski definition) is 2. The Balaban J connectivity index is 2.24. The van der Waals surface area contributed by atoms with Crippen molar-refractivity contribution in [2.24, 2.45) is 0 Å². The van der Waals surface area contributed by atoms with E-state index in [9.17, 15) is 13.2 Å². The maximum absolute atomic E-state index is 12.5. The number of aryl methyl sites for hydroxylation is 1. The van der Waals surface area contributed by atoms with Crippen LogP contribution in [0.25, 0.3) is 10.9 Å². The van der Waals surface area contributed by atoms with E-state index >= 15 is 0 Å².